The summed E-state index contributed by atoms with van der Waals surface area (Å²) in [7, 11) is 0. The van der Waals surface area contributed by atoms with Crippen molar-refractivity contribution in [3.63, 3.8) is 0 Å². The minimum absolute atomic E-state index is 0.387. The molecular weight excluding hydrogens is 300 g/mol. The largest absolute Gasteiger partial charge is 0.480 e. The van der Waals surface area contributed by atoms with E-state index >= 15 is 0 Å². The first-order valence-corrected chi connectivity index (χ1v) is 6.49. The summed E-state index contributed by atoms with van der Waals surface area (Å²) in [6, 6.07) is 1.68. The lowest BCUT2D eigenvalue weighted by molar-refractivity contribution is -0.143. The third-order valence-electron chi connectivity index (χ3n) is 2.52. The maximum absolute atomic E-state index is 12.1. The predicted molar refractivity (Wildman–Crippen MR) is 71.6 cm³/mol. The fourth-order valence-corrected chi connectivity index (χ4v) is 1.96. The van der Waals surface area contributed by atoms with E-state index in [0.29, 0.717) is 12.2 Å². The van der Waals surface area contributed by atoms with Gasteiger partial charge in [-0.05, 0) is 42.3 Å². The standard InChI is InChI=1S/C12H17BrN2O3/c1-4-5-15-7-8(13)6-9(15)10(16)14-12(2,3)11(17)18/h6-7H,4-5H2,1-3H3,(H,14,16)(H,17,18). The van der Waals surface area contributed by atoms with Crippen molar-refractivity contribution in [2.45, 2.75) is 39.3 Å². The van der Waals surface area contributed by atoms with Crippen molar-refractivity contribution in [1.29, 1.82) is 0 Å². The van der Waals surface area contributed by atoms with Gasteiger partial charge in [0, 0.05) is 17.2 Å². The van der Waals surface area contributed by atoms with Crippen LogP contribution in [-0.4, -0.2) is 27.1 Å². The number of aromatic nitrogens is 1. The number of nitrogens with zero attached hydrogens (tertiary/aromatic N) is 1. The number of carbonyl (C=O) groups is 2. The Labute approximate surface area is 114 Å². The van der Waals surface area contributed by atoms with E-state index in [2.05, 4.69) is 21.2 Å². The van der Waals surface area contributed by atoms with Gasteiger partial charge in [-0.15, -0.1) is 0 Å². The molecule has 0 bridgehead atoms. The fourth-order valence-electron chi connectivity index (χ4n) is 1.49. The molecule has 1 heterocycles. The zero-order valence-electron chi connectivity index (χ0n) is 10.7. The van der Waals surface area contributed by atoms with E-state index < -0.39 is 11.5 Å². The second kappa shape index (κ2) is 5.56. The van der Waals surface area contributed by atoms with Crippen LogP contribution in [0.3, 0.4) is 0 Å². The van der Waals surface area contributed by atoms with Crippen molar-refractivity contribution in [2.75, 3.05) is 0 Å². The predicted octanol–water partition coefficient (Wildman–Crippen LogP) is 2.25. The van der Waals surface area contributed by atoms with Crippen molar-refractivity contribution in [3.05, 3.63) is 22.4 Å². The van der Waals surface area contributed by atoms with Crippen LogP contribution in [0.2, 0.25) is 0 Å². The monoisotopic (exact) mass is 316 g/mol. The van der Waals surface area contributed by atoms with Gasteiger partial charge in [0.05, 0.1) is 0 Å². The van der Waals surface area contributed by atoms with Crippen LogP contribution in [0.25, 0.3) is 0 Å². The quantitative estimate of drug-likeness (QED) is 0.875. The van der Waals surface area contributed by atoms with Crippen LogP contribution >= 0.6 is 15.9 Å². The first kappa shape index (κ1) is 14.8. The van der Waals surface area contributed by atoms with E-state index in [4.69, 9.17) is 5.11 Å². The van der Waals surface area contributed by atoms with Crippen molar-refractivity contribution in [2.24, 2.45) is 0 Å². The molecule has 1 amide bonds. The Bertz CT molecular complexity index is 466. The molecule has 5 nitrogen and oxygen atoms in total. The van der Waals surface area contributed by atoms with Crippen LogP contribution in [0.5, 0.6) is 0 Å². The summed E-state index contributed by atoms with van der Waals surface area (Å²) in [6.45, 7) is 5.63. The van der Waals surface area contributed by atoms with Crippen molar-refractivity contribution in [1.82, 2.24) is 9.88 Å². The molecule has 1 aromatic rings. The summed E-state index contributed by atoms with van der Waals surface area (Å²) in [5.74, 6) is -1.45. The Morgan fingerprint density at radius 3 is 2.61 bits per heavy atom. The SMILES string of the molecule is CCCn1cc(Br)cc1C(=O)NC(C)(C)C(=O)O. The molecule has 2 N–H and O–H groups in total. The Hall–Kier alpha value is -1.30. The van der Waals surface area contributed by atoms with Crippen LogP contribution in [0.4, 0.5) is 0 Å². The molecule has 0 aromatic carbocycles. The molecule has 18 heavy (non-hydrogen) atoms. The minimum Gasteiger partial charge on any atom is -0.480 e. The highest BCUT2D eigenvalue weighted by Crippen LogP contribution is 2.16. The number of hydrogen-bond donors (Lipinski definition) is 2. The first-order valence-electron chi connectivity index (χ1n) is 5.69. The molecule has 0 spiro atoms. The zero-order chi connectivity index (χ0) is 13.9. The Morgan fingerprint density at radius 2 is 2.11 bits per heavy atom. The molecule has 0 radical (unpaired) electrons. The lowest BCUT2D eigenvalue weighted by Gasteiger charge is -2.21. The molecule has 6 heteroatoms. The van der Waals surface area contributed by atoms with Gasteiger partial charge < -0.3 is 15.0 Å². The van der Waals surface area contributed by atoms with Gasteiger partial charge in [-0.2, -0.15) is 0 Å². The normalized spacial score (nSPS) is 11.3. The summed E-state index contributed by atoms with van der Waals surface area (Å²) in [4.78, 5) is 23.0. The number of aliphatic carboxylic acids is 1. The number of aryl methyl sites for hydroxylation is 1. The molecule has 0 aliphatic rings. The molecule has 0 fully saturated rings. The Balaban J connectivity index is 2.94. The van der Waals surface area contributed by atoms with Gasteiger partial charge >= 0.3 is 5.97 Å². The molecule has 1 rings (SSSR count). The summed E-state index contributed by atoms with van der Waals surface area (Å²) < 4.78 is 2.60. The lowest BCUT2D eigenvalue weighted by Crippen LogP contribution is -2.50. The number of hydrogen-bond acceptors (Lipinski definition) is 2. The lowest BCUT2D eigenvalue weighted by atomic mass is 10.1. The summed E-state index contributed by atoms with van der Waals surface area (Å²) in [5, 5.41) is 11.5. The third kappa shape index (κ3) is 3.35. The van der Waals surface area contributed by atoms with E-state index in [1.54, 1.807) is 10.6 Å². The molecule has 0 atom stereocenters. The maximum Gasteiger partial charge on any atom is 0.328 e. The zero-order valence-corrected chi connectivity index (χ0v) is 12.2. The van der Waals surface area contributed by atoms with Crippen LogP contribution in [-0.2, 0) is 11.3 Å². The number of carbonyl (C=O) groups excluding carboxylic acids is 1. The molecule has 0 aliphatic carbocycles. The van der Waals surface area contributed by atoms with E-state index in [-0.39, 0.29) is 5.91 Å². The number of nitrogens with one attached hydrogen (secondary N) is 1. The number of halogens is 1. The number of carboxylic acids is 1. The van der Waals surface area contributed by atoms with Gasteiger partial charge in [-0.1, -0.05) is 6.92 Å². The van der Waals surface area contributed by atoms with E-state index in [1.807, 2.05) is 13.1 Å². The van der Waals surface area contributed by atoms with Crippen molar-refractivity contribution >= 4 is 27.8 Å². The van der Waals surface area contributed by atoms with Crippen LogP contribution in [0.1, 0.15) is 37.7 Å². The average Bonchev–Trinajstić information content (AvgIpc) is 2.59. The smallest absolute Gasteiger partial charge is 0.328 e. The number of amides is 1. The summed E-state index contributed by atoms with van der Waals surface area (Å²) in [6.07, 6.45) is 2.70. The van der Waals surface area contributed by atoms with Crippen LogP contribution < -0.4 is 5.32 Å². The van der Waals surface area contributed by atoms with Gasteiger partial charge in [-0.25, -0.2) is 4.79 Å². The number of rotatable bonds is 5. The molecule has 0 unspecified atom stereocenters. The maximum atomic E-state index is 12.1. The van der Waals surface area contributed by atoms with Gasteiger partial charge in [0.2, 0.25) is 0 Å². The van der Waals surface area contributed by atoms with Gasteiger partial charge in [0.1, 0.15) is 11.2 Å². The van der Waals surface area contributed by atoms with Gasteiger partial charge in [0.25, 0.3) is 5.91 Å². The average molecular weight is 317 g/mol. The Morgan fingerprint density at radius 1 is 1.50 bits per heavy atom. The minimum atomic E-state index is -1.29. The fraction of sp³-hybridized carbons (Fsp3) is 0.500. The first-order chi connectivity index (χ1) is 8.27. The van der Waals surface area contributed by atoms with Gasteiger partial charge in [0.15, 0.2) is 0 Å². The highest BCUT2D eigenvalue weighted by atomic mass is 79.9. The van der Waals surface area contributed by atoms with Gasteiger partial charge in [-0.3, -0.25) is 4.79 Å². The molecular formula is C12H17BrN2O3. The summed E-state index contributed by atoms with van der Waals surface area (Å²) in [5.41, 5.74) is -0.830. The van der Waals surface area contributed by atoms with E-state index in [0.717, 1.165) is 10.9 Å². The second-order valence-corrected chi connectivity index (χ2v) is 5.54. The van der Waals surface area contributed by atoms with Crippen molar-refractivity contribution < 1.29 is 14.7 Å². The third-order valence-corrected chi connectivity index (χ3v) is 2.95. The molecule has 0 saturated heterocycles. The van der Waals surface area contributed by atoms with Crippen molar-refractivity contribution in [3.8, 4) is 0 Å². The highest BCUT2D eigenvalue weighted by molar-refractivity contribution is 9.10. The van der Waals surface area contributed by atoms with Crippen LogP contribution in [0.15, 0.2) is 16.7 Å². The Kier molecular flexibility index (Phi) is 4.56. The summed E-state index contributed by atoms with van der Waals surface area (Å²) >= 11 is 3.31. The molecule has 100 valence electrons. The second-order valence-electron chi connectivity index (χ2n) is 4.62. The van der Waals surface area contributed by atoms with Crippen LogP contribution in [0, 0.1) is 0 Å². The molecule has 1 aromatic heterocycles. The topological polar surface area (TPSA) is 71.3 Å². The van der Waals surface area contributed by atoms with E-state index in [1.165, 1.54) is 13.8 Å². The molecule has 0 aliphatic heterocycles. The highest BCUT2D eigenvalue weighted by Gasteiger charge is 2.30. The molecule has 0 saturated carbocycles. The van der Waals surface area contributed by atoms with E-state index in [9.17, 15) is 9.59 Å². The number of carboxylic acid groups (broad SMARTS) is 1.